The van der Waals surface area contributed by atoms with Crippen molar-refractivity contribution < 1.29 is 4.79 Å². The minimum atomic E-state index is -0.265. The molecule has 1 atom stereocenters. The van der Waals surface area contributed by atoms with Crippen molar-refractivity contribution in [3.8, 4) is 0 Å². The molecule has 2 aromatic heterocycles. The van der Waals surface area contributed by atoms with Gasteiger partial charge in [0.15, 0.2) is 0 Å². The summed E-state index contributed by atoms with van der Waals surface area (Å²) in [6.45, 7) is 2.02. The van der Waals surface area contributed by atoms with Gasteiger partial charge in [-0.1, -0.05) is 12.1 Å². The lowest BCUT2D eigenvalue weighted by molar-refractivity contribution is -0.113. The molecule has 0 radical (unpaired) electrons. The summed E-state index contributed by atoms with van der Waals surface area (Å²) >= 11 is 1.51. The van der Waals surface area contributed by atoms with Gasteiger partial charge in [0, 0.05) is 5.69 Å². The molecular weight excluding hydrogens is 350 g/mol. The van der Waals surface area contributed by atoms with Gasteiger partial charge in [-0.15, -0.1) is 11.8 Å². The number of nitrogens with one attached hydrogen (secondary N) is 4. The standard InChI is InChI=1S/C18H17N5O2S/c1-10(17-20-12-4-2-3-5-13(12)21-17)26-9-16(24)19-11-6-7-14-15(8-11)23-18(25)22-14/h2-8,10H,9H2,1H3,(H,19,24)(H,20,21)(H2,22,23,25). The number of amides is 1. The topological polar surface area (TPSA) is 106 Å². The lowest BCUT2D eigenvalue weighted by Gasteiger charge is -2.09. The summed E-state index contributed by atoms with van der Waals surface area (Å²) in [4.78, 5) is 36.7. The predicted molar refractivity (Wildman–Crippen MR) is 105 cm³/mol. The Hall–Kier alpha value is -3.00. The Kier molecular flexibility index (Phi) is 4.26. The van der Waals surface area contributed by atoms with Gasteiger partial charge in [0.05, 0.1) is 33.1 Å². The van der Waals surface area contributed by atoms with E-state index in [0.29, 0.717) is 22.5 Å². The number of anilines is 1. The third kappa shape index (κ3) is 3.36. The molecule has 26 heavy (non-hydrogen) atoms. The van der Waals surface area contributed by atoms with Gasteiger partial charge >= 0.3 is 5.69 Å². The van der Waals surface area contributed by atoms with E-state index < -0.39 is 0 Å². The van der Waals surface area contributed by atoms with Gasteiger partial charge in [0.2, 0.25) is 5.91 Å². The smallest absolute Gasteiger partial charge is 0.323 e. The van der Waals surface area contributed by atoms with Crippen LogP contribution in [0.2, 0.25) is 0 Å². The van der Waals surface area contributed by atoms with E-state index in [0.717, 1.165) is 16.9 Å². The summed E-state index contributed by atoms with van der Waals surface area (Å²) in [6.07, 6.45) is 0. The Morgan fingerprint density at radius 2 is 1.92 bits per heavy atom. The van der Waals surface area contributed by atoms with E-state index in [1.54, 1.807) is 18.2 Å². The Balaban J connectivity index is 1.38. The minimum Gasteiger partial charge on any atom is -0.341 e. The highest BCUT2D eigenvalue weighted by atomic mass is 32.2. The van der Waals surface area contributed by atoms with Crippen molar-refractivity contribution in [1.82, 2.24) is 19.9 Å². The second-order valence-corrected chi connectivity index (χ2v) is 7.31. The van der Waals surface area contributed by atoms with Crippen molar-refractivity contribution in [3.05, 3.63) is 58.8 Å². The molecule has 1 unspecified atom stereocenters. The molecule has 0 fully saturated rings. The number of carbonyl (C=O) groups is 1. The van der Waals surface area contributed by atoms with Gasteiger partial charge < -0.3 is 20.3 Å². The highest BCUT2D eigenvalue weighted by Gasteiger charge is 2.13. The van der Waals surface area contributed by atoms with Crippen molar-refractivity contribution >= 4 is 45.4 Å². The van der Waals surface area contributed by atoms with Crippen LogP contribution in [0.4, 0.5) is 5.69 Å². The summed E-state index contributed by atoms with van der Waals surface area (Å²) in [5, 5.41) is 2.92. The highest BCUT2D eigenvalue weighted by molar-refractivity contribution is 8.00. The maximum atomic E-state index is 12.2. The van der Waals surface area contributed by atoms with E-state index in [-0.39, 0.29) is 16.8 Å². The molecule has 4 aromatic rings. The number of aromatic nitrogens is 4. The fraction of sp³-hybridized carbons (Fsp3) is 0.167. The first-order valence-corrected chi connectivity index (χ1v) is 9.21. The summed E-state index contributed by atoms with van der Waals surface area (Å²) < 4.78 is 0. The molecule has 2 heterocycles. The zero-order chi connectivity index (χ0) is 18.1. The van der Waals surface area contributed by atoms with Gasteiger partial charge in [0.25, 0.3) is 0 Å². The molecule has 0 aliphatic rings. The summed E-state index contributed by atoms with van der Waals surface area (Å²) in [7, 11) is 0. The van der Waals surface area contributed by atoms with Gasteiger partial charge in [-0.3, -0.25) is 4.79 Å². The number of hydrogen-bond donors (Lipinski definition) is 4. The lowest BCUT2D eigenvalue weighted by atomic mass is 10.3. The first kappa shape index (κ1) is 16.5. The average molecular weight is 367 g/mol. The number of para-hydroxylation sites is 2. The molecule has 0 saturated carbocycles. The van der Waals surface area contributed by atoms with Crippen LogP contribution in [0, 0.1) is 0 Å². The quantitative estimate of drug-likeness (QED) is 0.435. The SMILES string of the molecule is CC(SCC(=O)Nc1ccc2[nH]c(=O)[nH]c2c1)c1nc2ccccc2[nH]1. The number of imidazole rings is 2. The van der Waals surface area contributed by atoms with Crippen LogP contribution >= 0.6 is 11.8 Å². The molecule has 7 nitrogen and oxygen atoms in total. The third-order valence-corrected chi connectivity index (χ3v) is 5.21. The molecule has 0 spiro atoms. The molecule has 1 amide bonds. The monoisotopic (exact) mass is 367 g/mol. The normalized spacial score (nSPS) is 12.5. The van der Waals surface area contributed by atoms with Crippen LogP contribution in [-0.4, -0.2) is 31.6 Å². The van der Waals surface area contributed by atoms with E-state index in [2.05, 4.69) is 25.3 Å². The molecule has 8 heteroatoms. The number of aromatic amines is 3. The summed E-state index contributed by atoms with van der Waals surface area (Å²) in [5.74, 6) is 1.06. The zero-order valence-electron chi connectivity index (χ0n) is 14.0. The van der Waals surface area contributed by atoms with Crippen LogP contribution in [0.3, 0.4) is 0 Å². The van der Waals surface area contributed by atoms with Crippen molar-refractivity contribution in [2.24, 2.45) is 0 Å². The van der Waals surface area contributed by atoms with Crippen LogP contribution in [0.1, 0.15) is 18.0 Å². The summed E-state index contributed by atoms with van der Waals surface area (Å²) in [5.41, 5.74) is 3.67. The number of rotatable bonds is 5. The second-order valence-electron chi connectivity index (χ2n) is 5.98. The van der Waals surface area contributed by atoms with E-state index in [4.69, 9.17) is 0 Å². The number of thioether (sulfide) groups is 1. The van der Waals surface area contributed by atoms with Crippen molar-refractivity contribution in [2.45, 2.75) is 12.2 Å². The minimum absolute atomic E-state index is 0.0664. The van der Waals surface area contributed by atoms with Gasteiger partial charge in [0.1, 0.15) is 5.82 Å². The molecule has 132 valence electrons. The van der Waals surface area contributed by atoms with Gasteiger partial charge in [-0.2, -0.15) is 0 Å². The summed E-state index contributed by atoms with van der Waals surface area (Å²) in [6, 6.07) is 13.1. The predicted octanol–water partition coefficient (Wildman–Crippen LogP) is 3.17. The van der Waals surface area contributed by atoms with Crippen LogP contribution in [0.5, 0.6) is 0 Å². The van der Waals surface area contributed by atoms with Gasteiger partial charge in [-0.25, -0.2) is 9.78 Å². The molecule has 0 aliphatic carbocycles. The first-order valence-electron chi connectivity index (χ1n) is 8.16. The molecule has 0 aliphatic heterocycles. The molecule has 4 N–H and O–H groups in total. The number of benzene rings is 2. The van der Waals surface area contributed by atoms with Crippen LogP contribution in [0.15, 0.2) is 47.3 Å². The van der Waals surface area contributed by atoms with E-state index in [1.807, 2.05) is 31.2 Å². The fourth-order valence-electron chi connectivity index (χ4n) is 2.75. The first-order chi connectivity index (χ1) is 12.6. The largest absolute Gasteiger partial charge is 0.341 e. The van der Waals surface area contributed by atoms with E-state index in [1.165, 1.54) is 11.8 Å². The Morgan fingerprint density at radius 3 is 2.77 bits per heavy atom. The molecular formula is C18H17N5O2S. The van der Waals surface area contributed by atoms with Crippen LogP contribution in [0.25, 0.3) is 22.1 Å². The molecule has 0 saturated heterocycles. The lowest BCUT2D eigenvalue weighted by Crippen LogP contribution is -2.14. The molecule has 4 rings (SSSR count). The van der Waals surface area contributed by atoms with E-state index >= 15 is 0 Å². The van der Waals surface area contributed by atoms with Crippen molar-refractivity contribution in [3.63, 3.8) is 0 Å². The maximum Gasteiger partial charge on any atom is 0.323 e. The molecule has 2 aromatic carbocycles. The van der Waals surface area contributed by atoms with Crippen LogP contribution in [-0.2, 0) is 4.79 Å². The third-order valence-electron chi connectivity index (χ3n) is 4.06. The number of carbonyl (C=O) groups excluding carboxylic acids is 1. The molecule has 0 bridgehead atoms. The number of nitrogens with zero attached hydrogens (tertiary/aromatic N) is 1. The number of H-pyrrole nitrogens is 3. The van der Waals surface area contributed by atoms with Crippen molar-refractivity contribution in [2.75, 3.05) is 11.1 Å². The van der Waals surface area contributed by atoms with E-state index in [9.17, 15) is 9.59 Å². The second kappa shape index (κ2) is 6.72. The van der Waals surface area contributed by atoms with Gasteiger partial charge in [-0.05, 0) is 37.3 Å². The number of fused-ring (bicyclic) bond motifs is 2. The Bertz CT molecular complexity index is 1110. The maximum absolute atomic E-state index is 12.2. The Labute approximate surface area is 152 Å². The zero-order valence-corrected chi connectivity index (χ0v) is 14.8. The Morgan fingerprint density at radius 1 is 1.12 bits per heavy atom. The fourth-order valence-corrected chi connectivity index (χ4v) is 3.50. The van der Waals surface area contributed by atoms with Crippen molar-refractivity contribution in [1.29, 1.82) is 0 Å². The number of hydrogen-bond acceptors (Lipinski definition) is 4. The average Bonchev–Trinajstić information content (AvgIpc) is 3.21. The van der Waals surface area contributed by atoms with Crippen LogP contribution < -0.4 is 11.0 Å². The highest BCUT2D eigenvalue weighted by Crippen LogP contribution is 2.27.